The molecule has 5 heteroatoms. The number of halogens is 1. The Balaban J connectivity index is 1.71. The second-order valence-corrected chi connectivity index (χ2v) is 6.79. The van der Waals surface area contributed by atoms with Crippen molar-refractivity contribution in [1.29, 1.82) is 0 Å². The number of nitrogens with zero attached hydrogens (tertiary/aromatic N) is 2. The molecule has 120 valence electrons. The molecule has 1 N–H and O–H groups in total. The molecule has 2 fully saturated rings. The quantitative estimate of drug-likeness (QED) is 0.865. The molecule has 0 spiro atoms. The van der Waals surface area contributed by atoms with Gasteiger partial charge < -0.3 is 4.90 Å². The van der Waals surface area contributed by atoms with Crippen LogP contribution in [0.15, 0.2) is 24.3 Å². The number of anilines is 1. The van der Waals surface area contributed by atoms with Gasteiger partial charge >= 0.3 is 0 Å². The van der Waals surface area contributed by atoms with E-state index in [9.17, 15) is 4.79 Å². The van der Waals surface area contributed by atoms with Crippen LogP contribution in [0.5, 0.6) is 0 Å². The fourth-order valence-electron chi connectivity index (χ4n) is 3.64. The van der Waals surface area contributed by atoms with Gasteiger partial charge in [-0.05, 0) is 44.2 Å². The number of rotatable bonds is 4. The molecule has 1 aromatic rings. The van der Waals surface area contributed by atoms with Crippen molar-refractivity contribution in [3.63, 3.8) is 0 Å². The van der Waals surface area contributed by atoms with Crippen LogP contribution in [0.1, 0.15) is 32.1 Å². The Hall–Kier alpha value is -1.10. The number of carbonyl (C=O) groups is 1. The second-order valence-electron chi connectivity index (χ2n) is 6.35. The van der Waals surface area contributed by atoms with Crippen LogP contribution >= 0.6 is 11.6 Å². The predicted molar refractivity (Wildman–Crippen MR) is 90.2 cm³/mol. The summed E-state index contributed by atoms with van der Waals surface area (Å²) in [5.41, 5.74) is 1.04. The third-order valence-electron chi connectivity index (χ3n) is 5.00. The van der Waals surface area contributed by atoms with Crippen LogP contribution in [-0.2, 0) is 4.79 Å². The van der Waals surface area contributed by atoms with Crippen LogP contribution in [0.2, 0.25) is 5.02 Å². The molecule has 2 atom stereocenters. The monoisotopic (exact) mass is 321 g/mol. The van der Waals surface area contributed by atoms with E-state index in [2.05, 4.69) is 22.2 Å². The smallest absolute Gasteiger partial charge is 0.157 e. The van der Waals surface area contributed by atoms with Crippen molar-refractivity contribution < 1.29 is 4.79 Å². The van der Waals surface area contributed by atoms with E-state index in [-0.39, 0.29) is 12.3 Å². The van der Waals surface area contributed by atoms with Gasteiger partial charge in [0.1, 0.15) is 6.17 Å². The average Bonchev–Trinajstić information content (AvgIpc) is 3.00. The molecular weight excluding hydrogens is 298 g/mol. The highest BCUT2D eigenvalue weighted by molar-refractivity contribution is 6.30. The number of likely N-dealkylation sites (N-methyl/N-ethyl adjacent to an activating group) is 1. The zero-order chi connectivity index (χ0) is 15.5. The largest absolute Gasteiger partial charge is 0.347 e. The number of benzene rings is 1. The van der Waals surface area contributed by atoms with Gasteiger partial charge in [0.25, 0.3) is 0 Å². The fraction of sp³-hybridized carbons (Fsp3) is 0.588. The molecule has 0 aromatic heterocycles. The maximum atomic E-state index is 11.5. The number of hydrogen-bond acceptors (Lipinski definition) is 4. The van der Waals surface area contributed by atoms with Crippen LogP contribution in [0.4, 0.5) is 5.69 Å². The van der Waals surface area contributed by atoms with Crippen molar-refractivity contribution in [3.8, 4) is 0 Å². The standard InChI is InChI=1S/C17H24ClN3O/c1-20(14-5-3-2-4-6-14)16-11-21(17(12-22)19-16)15-9-7-13(18)8-10-15/h7-10,12,14,16-17,19H,2-6,11H2,1H3. The first-order chi connectivity index (χ1) is 10.7. The molecule has 0 radical (unpaired) electrons. The van der Waals surface area contributed by atoms with Crippen LogP contribution in [0.25, 0.3) is 0 Å². The van der Waals surface area contributed by atoms with Crippen LogP contribution in [-0.4, -0.2) is 43.2 Å². The molecule has 22 heavy (non-hydrogen) atoms. The Kier molecular flexibility index (Phi) is 5.01. The van der Waals surface area contributed by atoms with Crippen LogP contribution in [0, 0.1) is 0 Å². The summed E-state index contributed by atoms with van der Waals surface area (Å²) in [5.74, 6) is 0. The fourth-order valence-corrected chi connectivity index (χ4v) is 3.77. The second kappa shape index (κ2) is 6.99. The van der Waals surface area contributed by atoms with Crippen LogP contribution in [0.3, 0.4) is 0 Å². The van der Waals surface area contributed by atoms with E-state index in [0.717, 1.165) is 23.5 Å². The highest BCUT2D eigenvalue weighted by Crippen LogP contribution is 2.27. The lowest BCUT2D eigenvalue weighted by Gasteiger charge is -2.35. The molecule has 1 aliphatic heterocycles. The number of aldehydes is 1. The van der Waals surface area contributed by atoms with Crippen molar-refractivity contribution in [2.75, 3.05) is 18.5 Å². The van der Waals surface area contributed by atoms with E-state index in [4.69, 9.17) is 11.6 Å². The Morgan fingerprint density at radius 3 is 2.55 bits per heavy atom. The maximum Gasteiger partial charge on any atom is 0.157 e. The summed E-state index contributed by atoms with van der Waals surface area (Å²) in [4.78, 5) is 16.0. The minimum Gasteiger partial charge on any atom is -0.347 e. The number of nitrogens with one attached hydrogen (secondary N) is 1. The first-order valence-corrected chi connectivity index (χ1v) is 8.52. The molecule has 1 aromatic carbocycles. The molecule has 0 bridgehead atoms. The van der Waals surface area contributed by atoms with Gasteiger partial charge in [-0.1, -0.05) is 30.9 Å². The van der Waals surface area contributed by atoms with Gasteiger partial charge in [-0.25, -0.2) is 0 Å². The lowest BCUT2D eigenvalue weighted by molar-refractivity contribution is -0.109. The minimum atomic E-state index is -0.266. The van der Waals surface area contributed by atoms with Crippen molar-refractivity contribution in [2.45, 2.75) is 50.5 Å². The van der Waals surface area contributed by atoms with E-state index in [1.807, 2.05) is 24.3 Å². The number of hydrogen-bond donors (Lipinski definition) is 1. The van der Waals surface area contributed by atoms with Crippen LogP contribution < -0.4 is 10.2 Å². The van der Waals surface area contributed by atoms with Gasteiger partial charge in [0.05, 0.1) is 6.17 Å². The van der Waals surface area contributed by atoms with Gasteiger partial charge in [-0.3, -0.25) is 15.0 Å². The topological polar surface area (TPSA) is 35.6 Å². The number of carbonyl (C=O) groups excluding carboxylic acids is 1. The summed E-state index contributed by atoms with van der Waals surface area (Å²) in [6.07, 6.45) is 7.47. The van der Waals surface area contributed by atoms with Gasteiger partial charge in [0, 0.05) is 23.3 Å². The molecule has 1 saturated carbocycles. The summed E-state index contributed by atoms with van der Waals surface area (Å²) in [5, 5.41) is 4.17. The molecule has 1 aliphatic carbocycles. The van der Waals surface area contributed by atoms with E-state index < -0.39 is 0 Å². The van der Waals surface area contributed by atoms with E-state index >= 15 is 0 Å². The van der Waals surface area contributed by atoms with Gasteiger partial charge in [-0.15, -0.1) is 0 Å². The molecule has 2 aliphatic rings. The highest BCUT2D eigenvalue weighted by atomic mass is 35.5. The third-order valence-corrected chi connectivity index (χ3v) is 5.25. The molecule has 0 amide bonds. The van der Waals surface area contributed by atoms with Crippen molar-refractivity contribution >= 4 is 23.6 Å². The predicted octanol–water partition coefficient (Wildman–Crippen LogP) is 2.87. The zero-order valence-corrected chi connectivity index (χ0v) is 13.8. The third kappa shape index (κ3) is 3.29. The molecule has 3 rings (SSSR count). The van der Waals surface area contributed by atoms with E-state index in [1.165, 1.54) is 32.1 Å². The Morgan fingerprint density at radius 1 is 1.23 bits per heavy atom. The Bertz CT molecular complexity index is 501. The van der Waals surface area contributed by atoms with E-state index in [1.54, 1.807) is 0 Å². The van der Waals surface area contributed by atoms with E-state index in [0.29, 0.717) is 6.04 Å². The average molecular weight is 322 g/mol. The van der Waals surface area contributed by atoms with Gasteiger partial charge in [0.15, 0.2) is 6.29 Å². The Labute approximate surface area is 137 Å². The van der Waals surface area contributed by atoms with Crippen molar-refractivity contribution in [1.82, 2.24) is 10.2 Å². The Morgan fingerprint density at radius 2 is 1.91 bits per heavy atom. The summed E-state index contributed by atoms with van der Waals surface area (Å²) in [6.45, 7) is 0.817. The van der Waals surface area contributed by atoms with Gasteiger partial charge in [-0.2, -0.15) is 0 Å². The lowest BCUT2D eigenvalue weighted by Crippen LogP contribution is -2.49. The first-order valence-electron chi connectivity index (χ1n) is 8.14. The normalized spacial score (nSPS) is 26.6. The summed E-state index contributed by atoms with van der Waals surface area (Å²) < 4.78 is 0. The van der Waals surface area contributed by atoms with Crippen molar-refractivity contribution in [3.05, 3.63) is 29.3 Å². The zero-order valence-electron chi connectivity index (χ0n) is 13.0. The molecule has 1 saturated heterocycles. The lowest BCUT2D eigenvalue weighted by atomic mass is 9.94. The highest BCUT2D eigenvalue weighted by Gasteiger charge is 2.35. The minimum absolute atomic E-state index is 0.217. The maximum absolute atomic E-state index is 11.5. The first kappa shape index (κ1) is 15.8. The summed E-state index contributed by atoms with van der Waals surface area (Å²) in [7, 11) is 2.18. The molecule has 4 nitrogen and oxygen atoms in total. The summed E-state index contributed by atoms with van der Waals surface area (Å²) in [6, 6.07) is 8.32. The SMILES string of the molecule is CN(C1CCCCC1)C1CN(c2ccc(Cl)cc2)C(C=O)N1. The molecular formula is C17H24ClN3O. The van der Waals surface area contributed by atoms with Crippen molar-refractivity contribution in [2.24, 2.45) is 0 Å². The van der Waals surface area contributed by atoms with Gasteiger partial charge in [0.2, 0.25) is 0 Å². The molecule has 1 heterocycles. The molecule has 2 unspecified atom stereocenters. The summed E-state index contributed by atoms with van der Waals surface area (Å²) >= 11 is 5.96.